The molecule has 122 valence electrons. The molecule has 0 fully saturated rings. The summed E-state index contributed by atoms with van der Waals surface area (Å²) in [6.07, 6.45) is 4.81. The Hall–Kier alpha value is -2.66. The fourth-order valence-corrected chi connectivity index (χ4v) is 3.05. The molecule has 0 saturated carbocycles. The van der Waals surface area contributed by atoms with E-state index in [1.54, 1.807) is 18.2 Å². The number of esters is 1. The largest absolute Gasteiger partial charge is 0.423 e. The molecular formula is C19H16O4S. The van der Waals surface area contributed by atoms with Gasteiger partial charge >= 0.3 is 11.6 Å². The highest BCUT2D eigenvalue weighted by Crippen LogP contribution is 2.23. The number of thiophene rings is 1. The third kappa shape index (κ3) is 3.81. The van der Waals surface area contributed by atoms with Crippen molar-refractivity contribution in [2.75, 3.05) is 0 Å². The SMILES string of the molecule is CCCc1cc(=O)oc2cc(OC(=O)C=Cc3cccs3)ccc12. The van der Waals surface area contributed by atoms with Gasteiger partial charge in [0.05, 0.1) is 0 Å². The molecule has 2 heterocycles. The van der Waals surface area contributed by atoms with Crippen molar-refractivity contribution in [2.24, 2.45) is 0 Å². The van der Waals surface area contributed by atoms with Crippen LogP contribution in [0.2, 0.25) is 0 Å². The van der Waals surface area contributed by atoms with Crippen molar-refractivity contribution in [3.8, 4) is 5.75 Å². The monoisotopic (exact) mass is 340 g/mol. The topological polar surface area (TPSA) is 56.5 Å². The molecule has 0 unspecified atom stereocenters. The van der Waals surface area contributed by atoms with Crippen LogP contribution < -0.4 is 10.4 Å². The lowest BCUT2D eigenvalue weighted by atomic mass is 10.1. The number of hydrogen-bond acceptors (Lipinski definition) is 5. The van der Waals surface area contributed by atoms with Gasteiger partial charge in [-0.05, 0) is 41.6 Å². The molecule has 24 heavy (non-hydrogen) atoms. The highest BCUT2D eigenvalue weighted by atomic mass is 32.1. The van der Waals surface area contributed by atoms with E-state index in [2.05, 4.69) is 6.92 Å². The van der Waals surface area contributed by atoms with Crippen molar-refractivity contribution in [3.63, 3.8) is 0 Å². The van der Waals surface area contributed by atoms with Crippen molar-refractivity contribution in [2.45, 2.75) is 19.8 Å². The number of carbonyl (C=O) groups excluding carboxylic acids is 1. The minimum atomic E-state index is -0.477. The number of ether oxygens (including phenoxy) is 1. The summed E-state index contributed by atoms with van der Waals surface area (Å²) in [6.45, 7) is 2.05. The van der Waals surface area contributed by atoms with E-state index in [-0.39, 0.29) is 0 Å². The summed E-state index contributed by atoms with van der Waals surface area (Å²) in [5.41, 5.74) is 0.977. The summed E-state index contributed by atoms with van der Waals surface area (Å²) in [7, 11) is 0. The van der Waals surface area contributed by atoms with Gasteiger partial charge < -0.3 is 9.15 Å². The summed E-state index contributed by atoms with van der Waals surface area (Å²) in [4.78, 5) is 24.5. The van der Waals surface area contributed by atoms with Crippen LogP contribution in [-0.4, -0.2) is 5.97 Å². The Morgan fingerprint density at radius 1 is 1.29 bits per heavy atom. The smallest absolute Gasteiger partial charge is 0.336 e. The molecule has 3 rings (SSSR count). The fourth-order valence-electron chi connectivity index (χ4n) is 2.44. The minimum absolute atomic E-state index is 0.347. The van der Waals surface area contributed by atoms with Crippen LogP contribution in [0.3, 0.4) is 0 Å². The van der Waals surface area contributed by atoms with Gasteiger partial charge in [-0.3, -0.25) is 0 Å². The lowest BCUT2D eigenvalue weighted by Crippen LogP contribution is -2.04. The van der Waals surface area contributed by atoms with Crippen molar-refractivity contribution < 1.29 is 13.9 Å². The highest BCUT2D eigenvalue weighted by Gasteiger charge is 2.08. The van der Waals surface area contributed by atoms with E-state index >= 15 is 0 Å². The summed E-state index contributed by atoms with van der Waals surface area (Å²) in [5, 5.41) is 2.80. The van der Waals surface area contributed by atoms with E-state index in [9.17, 15) is 9.59 Å². The second-order valence-electron chi connectivity index (χ2n) is 5.27. The Morgan fingerprint density at radius 2 is 2.17 bits per heavy atom. The Morgan fingerprint density at radius 3 is 2.92 bits per heavy atom. The molecule has 2 aromatic heterocycles. The molecule has 1 aromatic carbocycles. The first-order chi connectivity index (χ1) is 11.7. The van der Waals surface area contributed by atoms with Crippen LogP contribution in [0.4, 0.5) is 0 Å². The van der Waals surface area contributed by atoms with Crippen LogP contribution in [0.5, 0.6) is 5.75 Å². The van der Waals surface area contributed by atoms with E-state index in [4.69, 9.17) is 9.15 Å². The zero-order chi connectivity index (χ0) is 16.9. The standard InChI is InChI=1S/C19H16O4S/c1-2-4-13-11-19(21)23-17-12-14(6-8-16(13)17)22-18(20)9-7-15-5-3-10-24-15/h3,5-12H,2,4H2,1H3. The van der Waals surface area contributed by atoms with Gasteiger partial charge in [0, 0.05) is 28.5 Å². The molecule has 0 spiro atoms. The lowest BCUT2D eigenvalue weighted by Gasteiger charge is -2.06. The molecule has 0 aliphatic rings. The first kappa shape index (κ1) is 16.2. The van der Waals surface area contributed by atoms with Crippen molar-refractivity contribution in [1.82, 2.24) is 0 Å². The summed E-state index contributed by atoms with van der Waals surface area (Å²) < 4.78 is 10.5. The molecule has 0 aliphatic carbocycles. The van der Waals surface area contributed by atoms with Crippen LogP contribution in [0, 0.1) is 0 Å². The minimum Gasteiger partial charge on any atom is -0.423 e. The van der Waals surface area contributed by atoms with Gasteiger partial charge in [0.1, 0.15) is 11.3 Å². The second kappa shape index (κ2) is 7.27. The number of aryl methyl sites for hydroxylation is 1. The molecule has 4 nitrogen and oxygen atoms in total. The van der Waals surface area contributed by atoms with Crippen LogP contribution in [0.25, 0.3) is 17.0 Å². The molecular weight excluding hydrogens is 324 g/mol. The molecule has 0 aliphatic heterocycles. The Bertz CT molecular complexity index is 936. The first-order valence-corrected chi connectivity index (χ1v) is 8.54. The van der Waals surface area contributed by atoms with Crippen LogP contribution in [0.1, 0.15) is 23.8 Å². The number of fused-ring (bicyclic) bond motifs is 1. The molecule has 3 aromatic rings. The normalized spacial score (nSPS) is 11.2. The van der Waals surface area contributed by atoms with E-state index in [1.165, 1.54) is 23.5 Å². The van der Waals surface area contributed by atoms with E-state index in [0.29, 0.717) is 11.3 Å². The van der Waals surface area contributed by atoms with E-state index in [0.717, 1.165) is 28.7 Å². The molecule has 0 bridgehead atoms. The molecule has 5 heteroatoms. The van der Waals surface area contributed by atoms with Gasteiger partial charge in [0.15, 0.2) is 0 Å². The molecule has 0 amide bonds. The number of carbonyl (C=O) groups is 1. The lowest BCUT2D eigenvalue weighted by molar-refractivity contribution is -0.128. The zero-order valence-electron chi connectivity index (χ0n) is 13.2. The summed E-state index contributed by atoms with van der Waals surface area (Å²) in [6, 6.07) is 10.4. The molecule has 0 atom stereocenters. The Labute approximate surface area is 143 Å². The molecule has 0 radical (unpaired) electrons. The van der Waals surface area contributed by atoms with Gasteiger partial charge in [0.2, 0.25) is 0 Å². The third-order valence-electron chi connectivity index (χ3n) is 3.47. The third-order valence-corrected chi connectivity index (χ3v) is 4.30. The van der Waals surface area contributed by atoms with Gasteiger partial charge in [-0.2, -0.15) is 0 Å². The quantitative estimate of drug-likeness (QED) is 0.298. The maximum Gasteiger partial charge on any atom is 0.336 e. The Balaban J connectivity index is 1.83. The number of rotatable bonds is 5. The first-order valence-electron chi connectivity index (χ1n) is 7.66. The zero-order valence-corrected chi connectivity index (χ0v) is 14.0. The van der Waals surface area contributed by atoms with Crippen molar-refractivity contribution in [1.29, 1.82) is 0 Å². The van der Waals surface area contributed by atoms with Gasteiger partial charge in [-0.25, -0.2) is 9.59 Å². The predicted molar refractivity (Wildman–Crippen MR) is 95.5 cm³/mol. The van der Waals surface area contributed by atoms with Crippen LogP contribution in [0.15, 0.2) is 57.1 Å². The number of benzene rings is 1. The van der Waals surface area contributed by atoms with Crippen molar-refractivity contribution in [3.05, 3.63) is 68.7 Å². The summed E-state index contributed by atoms with van der Waals surface area (Å²) >= 11 is 1.54. The average Bonchev–Trinajstić information content (AvgIpc) is 3.06. The van der Waals surface area contributed by atoms with E-state index < -0.39 is 11.6 Å². The highest BCUT2D eigenvalue weighted by molar-refractivity contribution is 7.10. The van der Waals surface area contributed by atoms with Crippen LogP contribution >= 0.6 is 11.3 Å². The fraction of sp³-hybridized carbons (Fsp3) is 0.158. The van der Waals surface area contributed by atoms with Gasteiger partial charge in [0.25, 0.3) is 0 Å². The maximum absolute atomic E-state index is 11.9. The number of hydrogen-bond donors (Lipinski definition) is 0. The second-order valence-corrected chi connectivity index (χ2v) is 6.25. The van der Waals surface area contributed by atoms with Crippen LogP contribution in [-0.2, 0) is 11.2 Å². The Kier molecular flexibility index (Phi) is 4.91. The summed E-state index contributed by atoms with van der Waals surface area (Å²) in [5.74, 6) is -0.130. The average molecular weight is 340 g/mol. The molecule has 0 saturated heterocycles. The molecule has 0 N–H and O–H groups in total. The maximum atomic E-state index is 11.9. The van der Waals surface area contributed by atoms with Gasteiger partial charge in [-0.15, -0.1) is 11.3 Å². The van der Waals surface area contributed by atoms with E-state index in [1.807, 2.05) is 23.6 Å². The van der Waals surface area contributed by atoms with Crippen molar-refractivity contribution >= 4 is 34.4 Å². The van der Waals surface area contributed by atoms with Gasteiger partial charge in [-0.1, -0.05) is 19.4 Å². The predicted octanol–water partition coefficient (Wildman–Crippen LogP) is 4.43.